The van der Waals surface area contributed by atoms with Crippen molar-refractivity contribution in [3.05, 3.63) is 52.1 Å². The van der Waals surface area contributed by atoms with Gasteiger partial charge in [0.15, 0.2) is 11.5 Å². The third kappa shape index (κ3) is 4.92. The Morgan fingerprint density at radius 1 is 1.03 bits per heavy atom. The Hall–Kier alpha value is -3.38. The molecule has 34 heavy (non-hydrogen) atoms. The van der Waals surface area contributed by atoms with Crippen molar-refractivity contribution in [3.8, 4) is 11.5 Å². The van der Waals surface area contributed by atoms with Crippen molar-refractivity contribution in [1.82, 2.24) is 9.62 Å². The lowest BCUT2D eigenvalue weighted by Crippen LogP contribution is -2.49. The molecule has 182 valence electrons. The van der Waals surface area contributed by atoms with Gasteiger partial charge >= 0.3 is 0 Å². The second-order valence-electron chi connectivity index (χ2n) is 9.11. The molecule has 12 heteroatoms. The Morgan fingerprint density at radius 2 is 1.71 bits per heavy atom. The molecule has 2 heterocycles. The van der Waals surface area contributed by atoms with Gasteiger partial charge < -0.3 is 19.3 Å². The smallest absolute Gasteiger partial charge is 0.293 e. The van der Waals surface area contributed by atoms with Crippen LogP contribution in [0, 0.1) is 10.1 Å². The molecule has 0 aromatic heterocycles. The number of fused-ring (bicyclic) bond motifs is 1. The van der Waals surface area contributed by atoms with Gasteiger partial charge in [0.05, 0.1) is 9.82 Å². The average Bonchev–Trinajstić information content (AvgIpc) is 3.24. The van der Waals surface area contributed by atoms with Crippen LogP contribution in [0.5, 0.6) is 11.5 Å². The molecule has 0 atom stereocenters. The SMILES string of the molecule is CC(C)(C)NS(=O)(=O)c1ccc(N2CCN(C(=O)c3ccc4c(c3)OCO4)CC2)c([N+](=O)[O-])c1. The van der Waals surface area contributed by atoms with Gasteiger partial charge in [0, 0.05) is 43.3 Å². The van der Waals surface area contributed by atoms with Crippen molar-refractivity contribution in [3.63, 3.8) is 0 Å². The van der Waals surface area contributed by atoms with E-state index in [1.807, 2.05) is 0 Å². The van der Waals surface area contributed by atoms with Crippen LogP contribution in [-0.4, -0.2) is 62.7 Å². The van der Waals surface area contributed by atoms with Gasteiger partial charge in [-0.1, -0.05) is 0 Å². The van der Waals surface area contributed by atoms with E-state index in [2.05, 4.69) is 4.72 Å². The van der Waals surface area contributed by atoms with Gasteiger partial charge in [-0.3, -0.25) is 14.9 Å². The maximum Gasteiger partial charge on any atom is 0.293 e. The maximum absolute atomic E-state index is 12.9. The highest BCUT2D eigenvalue weighted by molar-refractivity contribution is 7.89. The fourth-order valence-corrected chi connectivity index (χ4v) is 5.35. The van der Waals surface area contributed by atoms with Crippen molar-refractivity contribution in [1.29, 1.82) is 0 Å². The number of ether oxygens (including phenoxy) is 2. The van der Waals surface area contributed by atoms with Gasteiger partial charge in [-0.05, 0) is 51.1 Å². The molecule has 1 fully saturated rings. The molecule has 1 N–H and O–H groups in total. The Labute approximate surface area is 197 Å². The minimum atomic E-state index is -3.92. The number of nitro groups is 1. The van der Waals surface area contributed by atoms with Crippen LogP contribution >= 0.6 is 0 Å². The molecule has 0 aliphatic carbocycles. The van der Waals surface area contributed by atoms with Gasteiger partial charge in [-0.25, -0.2) is 13.1 Å². The summed E-state index contributed by atoms with van der Waals surface area (Å²) in [4.78, 5) is 27.4. The number of nitrogens with one attached hydrogen (secondary N) is 1. The molecule has 0 saturated carbocycles. The molecule has 2 aliphatic heterocycles. The minimum Gasteiger partial charge on any atom is -0.454 e. The van der Waals surface area contributed by atoms with Crippen molar-refractivity contribution < 1.29 is 27.6 Å². The van der Waals surface area contributed by atoms with Crippen LogP contribution in [0.15, 0.2) is 41.3 Å². The summed E-state index contributed by atoms with van der Waals surface area (Å²) in [5.41, 5.74) is -0.237. The zero-order valence-electron chi connectivity index (χ0n) is 19.1. The quantitative estimate of drug-likeness (QED) is 0.499. The average molecular weight is 491 g/mol. The minimum absolute atomic E-state index is 0.122. The Kier molecular flexibility index (Phi) is 6.13. The third-order valence-electron chi connectivity index (χ3n) is 5.42. The molecule has 2 aliphatic rings. The Bertz CT molecular complexity index is 1230. The highest BCUT2D eigenvalue weighted by Crippen LogP contribution is 2.34. The molecule has 11 nitrogen and oxygen atoms in total. The van der Waals surface area contributed by atoms with Crippen molar-refractivity contribution in [2.24, 2.45) is 0 Å². The van der Waals surface area contributed by atoms with Crippen LogP contribution < -0.4 is 19.1 Å². The summed E-state index contributed by atoms with van der Waals surface area (Å²) < 4.78 is 38.4. The van der Waals surface area contributed by atoms with Gasteiger partial charge in [-0.2, -0.15) is 0 Å². The predicted molar refractivity (Wildman–Crippen MR) is 124 cm³/mol. The number of sulfonamides is 1. The lowest BCUT2D eigenvalue weighted by molar-refractivity contribution is -0.384. The summed E-state index contributed by atoms with van der Waals surface area (Å²) in [5, 5.41) is 11.8. The zero-order valence-corrected chi connectivity index (χ0v) is 19.9. The summed E-state index contributed by atoms with van der Waals surface area (Å²) >= 11 is 0. The fourth-order valence-electron chi connectivity index (χ4n) is 3.91. The van der Waals surface area contributed by atoms with E-state index in [-0.39, 0.29) is 23.3 Å². The summed E-state index contributed by atoms with van der Waals surface area (Å²) in [6, 6.07) is 8.91. The Balaban J connectivity index is 1.49. The molecule has 0 bridgehead atoms. The topological polar surface area (TPSA) is 131 Å². The van der Waals surface area contributed by atoms with E-state index in [4.69, 9.17) is 9.47 Å². The van der Waals surface area contributed by atoms with Crippen molar-refractivity contribution in [2.75, 3.05) is 37.9 Å². The van der Waals surface area contributed by atoms with Crippen LogP contribution in [0.3, 0.4) is 0 Å². The molecule has 2 aromatic rings. The third-order valence-corrected chi connectivity index (χ3v) is 7.18. The number of carbonyl (C=O) groups excluding carboxylic acids is 1. The van der Waals surface area contributed by atoms with E-state index < -0.39 is 20.5 Å². The molecule has 0 spiro atoms. The molecule has 2 aromatic carbocycles. The lowest BCUT2D eigenvalue weighted by atomic mass is 10.1. The zero-order chi connectivity index (χ0) is 24.7. The van der Waals surface area contributed by atoms with Crippen molar-refractivity contribution in [2.45, 2.75) is 31.2 Å². The molecule has 4 rings (SSSR count). The number of benzene rings is 2. The number of piperazine rings is 1. The van der Waals surface area contributed by atoms with Crippen LogP contribution in [0.1, 0.15) is 31.1 Å². The number of hydrogen-bond donors (Lipinski definition) is 1. The van der Waals surface area contributed by atoms with Gasteiger partial charge in [-0.15, -0.1) is 0 Å². The molecule has 0 radical (unpaired) electrons. The first-order chi connectivity index (χ1) is 15.9. The molecule has 1 amide bonds. The van der Waals surface area contributed by atoms with Gasteiger partial charge in [0.1, 0.15) is 5.69 Å². The largest absolute Gasteiger partial charge is 0.454 e. The van der Waals surface area contributed by atoms with E-state index in [1.165, 1.54) is 12.1 Å². The van der Waals surface area contributed by atoms with Crippen LogP contribution in [0.4, 0.5) is 11.4 Å². The second-order valence-corrected chi connectivity index (χ2v) is 10.8. The molecular weight excluding hydrogens is 464 g/mol. The highest BCUT2D eigenvalue weighted by atomic mass is 32.2. The number of hydrogen-bond acceptors (Lipinski definition) is 8. The predicted octanol–water partition coefficient (Wildman–Crippen LogP) is 2.36. The standard InChI is InChI=1S/C22H26N4O7S/c1-22(2,3)23-34(30,31)16-5-6-17(18(13-16)26(28)29)24-8-10-25(11-9-24)21(27)15-4-7-19-20(12-15)33-14-32-19/h4-7,12-13,23H,8-11,14H2,1-3H3. The molecule has 0 unspecified atom stereocenters. The van der Waals surface area contributed by atoms with E-state index >= 15 is 0 Å². The van der Waals surface area contributed by atoms with Crippen LogP contribution in [0.2, 0.25) is 0 Å². The number of rotatable bonds is 5. The van der Waals surface area contributed by atoms with Crippen LogP contribution in [-0.2, 0) is 10.0 Å². The number of amides is 1. The summed E-state index contributed by atoms with van der Waals surface area (Å²) in [6.45, 7) is 6.64. The number of carbonyl (C=O) groups is 1. The van der Waals surface area contributed by atoms with Gasteiger partial charge in [0.25, 0.3) is 11.6 Å². The number of nitrogens with zero attached hydrogens (tertiary/aromatic N) is 3. The molecular formula is C22H26N4O7S. The van der Waals surface area contributed by atoms with Crippen LogP contribution in [0.25, 0.3) is 0 Å². The normalized spacial score (nSPS) is 16.0. The first kappa shape index (κ1) is 23.8. The summed E-state index contributed by atoms with van der Waals surface area (Å²) in [6.07, 6.45) is 0. The monoisotopic (exact) mass is 490 g/mol. The summed E-state index contributed by atoms with van der Waals surface area (Å²) in [5.74, 6) is 0.954. The lowest BCUT2D eigenvalue weighted by Gasteiger charge is -2.36. The van der Waals surface area contributed by atoms with E-state index in [1.54, 1.807) is 48.8 Å². The fraction of sp³-hybridized carbons (Fsp3) is 0.409. The number of anilines is 1. The Morgan fingerprint density at radius 3 is 2.35 bits per heavy atom. The number of nitro benzene ring substituents is 1. The van der Waals surface area contributed by atoms with E-state index in [0.29, 0.717) is 48.9 Å². The molecule has 1 saturated heterocycles. The highest BCUT2D eigenvalue weighted by Gasteiger charge is 2.30. The first-order valence-electron chi connectivity index (χ1n) is 10.7. The van der Waals surface area contributed by atoms with E-state index in [9.17, 15) is 23.3 Å². The van der Waals surface area contributed by atoms with E-state index in [0.717, 1.165) is 6.07 Å². The first-order valence-corrected chi connectivity index (χ1v) is 12.2. The maximum atomic E-state index is 12.9. The summed E-state index contributed by atoms with van der Waals surface area (Å²) in [7, 11) is -3.92. The van der Waals surface area contributed by atoms with Gasteiger partial charge in [0.2, 0.25) is 16.8 Å². The second kappa shape index (κ2) is 8.76. The van der Waals surface area contributed by atoms with Crippen molar-refractivity contribution >= 4 is 27.3 Å².